The zero-order valence-corrected chi connectivity index (χ0v) is 24.3. The Hall–Kier alpha value is -3.61. The number of aliphatic hydroxyl groups is 1. The number of carbonyl (C=O) groups excluding carboxylic acids is 1. The molecule has 0 radical (unpaired) electrons. The average molecular weight is 572 g/mol. The number of anilines is 1. The summed E-state index contributed by atoms with van der Waals surface area (Å²) < 4.78 is 42.2. The van der Waals surface area contributed by atoms with Gasteiger partial charge in [-0.2, -0.15) is 8.42 Å². The van der Waals surface area contributed by atoms with Crippen molar-refractivity contribution in [3.05, 3.63) is 66.1 Å². The number of rotatable bonds is 10. The summed E-state index contributed by atoms with van der Waals surface area (Å²) in [5, 5.41) is 9.76. The third-order valence-corrected chi connectivity index (χ3v) is 8.25. The van der Waals surface area contributed by atoms with Crippen LogP contribution < -0.4 is 14.2 Å². The molecule has 0 aliphatic carbocycles. The molecule has 1 aromatic heterocycles. The number of sulfonamides is 1. The van der Waals surface area contributed by atoms with Crippen LogP contribution in [0, 0.1) is 5.92 Å². The van der Waals surface area contributed by atoms with E-state index in [1.54, 1.807) is 44.2 Å². The molecule has 1 aliphatic rings. The number of hydrogen-bond acceptors (Lipinski definition) is 8. The number of benzene rings is 2. The fourth-order valence-corrected chi connectivity index (χ4v) is 5.73. The van der Waals surface area contributed by atoms with Gasteiger partial charge in [-0.25, -0.2) is 4.98 Å². The number of methoxy groups -OCH3 is 1. The highest BCUT2D eigenvalue weighted by Gasteiger charge is 2.35. The third-order valence-electron chi connectivity index (χ3n) is 7.00. The van der Waals surface area contributed by atoms with E-state index in [-0.39, 0.29) is 40.5 Å². The average Bonchev–Trinajstić information content (AvgIpc) is 3.38. The van der Waals surface area contributed by atoms with Crippen LogP contribution in [0.2, 0.25) is 0 Å². The number of nitrogens with zero attached hydrogens (tertiary/aromatic N) is 4. The van der Waals surface area contributed by atoms with Crippen LogP contribution in [0.4, 0.5) is 5.69 Å². The van der Waals surface area contributed by atoms with Gasteiger partial charge < -0.3 is 24.0 Å². The Labute approximate surface area is 235 Å². The molecule has 40 heavy (non-hydrogen) atoms. The lowest BCUT2D eigenvalue weighted by Crippen LogP contribution is -2.49. The molecule has 0 spiro atoms. The van der Waals surface area contributed by atoms with Crippen LogP contribution in [0.3, 0.4) is 0 Å². The minimum atomic E-state index is -4.05. The fourth-order valence-electron chi connectivity index (χ4n) is 4.68. The molecular weight excluding hydrogens is 534 g/mol. The predicted octanol–water partition coefficient (Wildman–Crippen LogP) is 2.58. The summed E-state index contributed by atoms with van der Waals surface area (Å²) in [6, 6.07) is 12.2. The van der Waals surface area contributed by atoms with E-state index >= 15 is 0 Å². The molecule has 216 valence electrons. The zero-order chi connectivity index (χ0) is 29.0. The number of nitrogens with one attached hydrogen (secondary N) is 1. The lowest BCUT2D eigenvalue weighted by atomic mass is 9.99. The fraction of sp³-hybridized carbons (Fsp3) is 0.429. The molecule has 4 rings (SSSR count). The van der Waals surface area contributed by atoms with Crippen LogP contribution in [0.1, 0.15) is 29.8 Å². The van der Waals surface area contributed by atoms with E-state index in [1.807, 2.05) is 38.2 Å². The molecular formula is C28H37N5O6S. The molecule has 0 bridgehead atoms. The number of carbonyl (C=O) groups is 1. The number of fused-ring (bicyclic) bond motifs is 1. The molecule has 0 unspecified atom stereocenters. The van der Waals surface area contributed by atoms with Crippen LogP contribution in [0.25, 0.3) is 0 Å². The lowest BCUT2D eigenvalue weighted by Gasteiger charge is -2.38. The van der Waals surface area contributed by atoms with Gasteiger partial charge in [0.05, 0.1) is 37.3 Å². The van der Waals surface area contributed by atoms with Gasteiger partial charge in [0.1, 0.15) is 11.9 Å². The summed E-state index contributed by atoms with van der Waals surface area (Å²) in [6.45, 7) is 5.08. The van der Waals surface area contributed by atoms with Gasteiger partial charge in [0.15, 0.2) is 10.8 Å². The molecule has 2 aromatic carbocycles. The Morgan fingerprint density at radius 3 is 2.60 bits per heavy atom. The Bertz CT molecular complexity index is 1430. The van der Waals surface area contributed by atoms with E-state index in [0.717, 1.165) is 11.3 Å². The van der Waals surface area contributed by atoms with E-state index < -0.39 is 22.2 Å². The monoisotopic (exact) mass is 571 g/mol. The smallest absolute Gasteiger partial charge is 0.281 e. The number of aliphatic hydroxyl groups excluding tert-OH is 1. The summed E-state index contributed by atoms with van der Waals surface area (Å²) in [4.78, 5) is 21.4. The molecule has 1 amide bonds. The molecule has 11 nitrogen and oxygen atoms in total. The molecule has 2 N–H and O–H groups in total. The van der Waals surface area contributed by atoms with E-state index in [1.165, 1.54) is 17.1 Å². The van der Waals surface area contributed by atoms with Crippen LogP contribution in [0.5, 0.6) is 11.5 Å². The van der Waals surface area contributed by atoms with Crippen LogP contribution in [-0.2, 0) is 23.6 Å². The summed E-state index contributed by atoms with van der Waals surface area (Å²) in [7, 11) is 1.24. The molecule has 1 aliphatic heterocycles. The lowest BCUT2D eigenvalue weighted by molar-refractivity contribution is 0.0344. The Balaban J connectivity index is 1.68. The van der Waals surface area contributed by atoms with Crippen LogP contribution >= 0.6 is 0 Å². The number of para-hydroxylation sites is 1. The largest absolute Gasteiger partial charge is 0.497 e. The number of hydrogen-bond donors (Lipinski definition) is 2. The van der Waals surface area contributed by atoms with Gasteiger partial charge in [-0.1, -0.05) is 25.1 Å². The highest BCUT2D eigenvalue weighted by Crippen LogP contribution is 2.36. The third kappa shape index (κ3) is 6.57. The first-order valence-corrected chi connectivity index (χ1v) is 14.5. The SMILES string of the molecule is COc1ccc(CN(C)C[C@H]2Oc3c(NS(=O)(=O)c4cn(C)cn4)cccc3C(=O)N([C@H](C)CO)C[C@@H]2C)cc1. The first-order valence-electron chi connectivity index (χ1n) is 13.1. The van der Waals surface area contributed by atoms with Gasteiger partial charge in [0.2, 0.25) is 0 Å². The molecule has 3 atom stereocenters. The molecule has 0 saturated carbocycles. The first-order chi connectivity index (χ1) is 19.0. The predicted molar refractivity (Wildman–Crippen MR) is 151 cm³/mol. The standard InChI is InChI=1S/C28H37N5O6S/c1-19-13-33(20(2)17-34)28(35)23-7-6-8-24(30-40(36,37)26-16-32(4)18-29-26)27(23)39-25(19)15-31(3)14-21-9-11-22(38-5)12-10-21/h6-12,16,18-20,25,30,34H,13-15,17H2,1-5H3/t19-,20+,25+/m0/s1. The van der Waals surface area contributed by atoms with E-state index in [0.29, 0.717) is 19.6 Å². The van der Waals surface area contributed by atoms with E-state index in [2.05, 4.69) is 14.6 Å². The van der Waals surface area contributed by atoms with Crippen molar-refractivity contribution in [2.45, 2.75) is 37.6 Å². The van der Waals surface area contributed by atoms with Gasteiger partial charge in [0, 0.05) is 38.8 Å². The minimum absolute atomic E-state index is 0.134. The highest BCUT2D eigenvalue weighted by atomic mass is 32.2. The number of aromatic nitrogens is 2. The second kappa shape index (κ2) is 12.3. The first kappa shape index (κ1) is 29.4. The second-order valence-corrected chi connectivity index (χ2v) is 12.0. The Morgan fingerprint density at radius 1 is 1.25 bits per heavy atom. The number of likely N-dealkylation sites (N-methyl/N-ethyl adjacent to an activating group) is 1. The van der Waals surface area contributed by atoms with Gasteiger partial charge in [-0.05, 0) is 43.8 Å². The topological polar surface area (TPSA) is 126 Å². The van der Waals surface area contributed by atoms with Crippen molar-refractivity contribution >= 4 is 21.6 Å². The van der Waals surface area contributed by atoms with Gasteiger partial charge in [-0.15, -0.1) is 0 Å². The molecule has 0 fully saturated rings. The molecule has 0 saturated heterocycles. The van der Waals surface area contributed by atoms with Crippen molar-refractivity contribution in [2.24, 2.45) is 13.0 Å². The van der Waals surface area contributed by atoms with Gasteiger partial charge in [0.25, 0.3) is 15.9 Å². The summed E-state index contributed by atoms with van der Waals surface area (Å²) >= 11 is 0. The molecule has 12 heteroatoms. The minimum Gasteiger partial charge on any atom is -0.497 e. The number of imidazole rings is 1. The maximum absolute atomic E-state index is 13.7. The maximum atomic E-state index is 13.7. The Morgan fingerprint density at radius 2 is 1.98 bits per heavy atom. The molecule has 2 heterocycles. The van der Waals surface area contributed by atoms with Crippen molar-refractivity contribution in [1.29, 1.82) is 0 Å². The van der Waals surface area contributed by atoms with Crippen LogP contribution in [0.15, 0.2) is 60.0 Å². The van der Waals surface area contributed by atoms with Crippen molar-refractivity contribution in [3.8, 4) is 11.5 Å². The normalized spacial score (nSPS) is 18.5. The maximum Gasteiger partial charge on any atom is 0.281 e. The van der Waals surface area contributed by atoms with Gasteiger partial charge in [-0.3, -0.25) is 14.4 Å². The number of ether oxygens (including phenoxy) is 2. The molecule has 3 aromatic rings. The van der Waals surface area contributed by atoms with E-state index in [9.17, 15) is 18.3 Å². The van der Waals surface area contributed by atoms with Gasteiger partial charge >= 0.3 is 0 Å². The van der Waals surface area contributed by atoms with Crippen molar-refractivity contribution in [3.63, 3.8) is 0 Å². The summed E-state index contributed by atoms with van der Waals surface area (Å²) in [5.74, 6) is 0.456. The van der Waals surface area contributed by atoms with Crippen molar-refractivity contribution < 1.29 is 27.8 Å². The number of amides is 1. The summed E-state index contributed by atoms with van der Waals surface area (Å²) in [6.07, 6.45) is 2.39. The van der Waals surface area contributed by atoms with Crippen molar-refractivity contribution in [1.82, 2.24) is 19.4 Å². The summed E-state index contributed by atoms with van der Waals surface area (Å²) in [5.41, 5.74) is 1.46. The zero-order valence-electron chi connectivity index (χ0n) is 23.4. The Kier molecular flexibility index (Phi) is 9.02. The number of aryl methyl sites for hydroxylation is 1. The quantitative estimate of drug-likeness (QED) is 0.380. The van der Waals surface area contributed by atoms with Crippen molar-refractivity contribution in [2.75, 3.05) is 38.6 Å². The van der Waals surface area contributed by atoms with Crippen LogP contribution in [-0.4, -0.2) is 84.8 Å². The van der Waals surface area contributed by atoms with E-state index in [4.69, 9.17) is 9.47 Å². The highest BCUT2D eigenvalue weighted by molar-refractivity contribution is 7.92. The second-order valence-electron chi connectivity index (χ2n) is 10.3.